The molecule has 4 nitrogen and oxygen atoms in total. The van der Waals surface area contributed by atoms with Crippen LogP contribution in [0.4, 0.5) is 0 Å². The first-order chi connectivity index (χ1) is 15.0. The highest BCUT2D eigenvalue weighted by Crippen LogP contribution is 2.32. The summed E-state index contributed by atoms with van der Waals surface area (Å²) in [7, 11) is 0. The summed E-state index contributed by atoms with van der Waals surface area (Å²) in [6.45, 7) is 3.71. The molecule has 0 atom stereocenters. The van der Waals surface area contributed by atoms with Crippen LogP contribution in [0.5, 0.6) is 11.5 Å². The normalized spacial score (nSPS) is 10.8. The highest BCUT2D eigenvalue weighted by Gasteiger charge is 2.15. The van der Waals surface area contributed by atoms with E-state index >= 15 is 0 Å². The number of aromatic nitrogens is 1. The third-order valence-corrected chi connectivity index (χ3v) is 5.25. The van der Waals surface area contributed by atoms with Crippen molar-refractivity contribution in [3.05, 3.63) is 100 Å². The van der Waals surface area contributed by atoms with Gasteiger partial charge in [-0.1, -0.05) is 66.2 Å². The fourth-order valence-corrected chi connectivity index (χ4v) is 3.69. The number of benzene rings is 3. The lowest BCUT2D eigenvalue weighted by molar-refractivity contribution is -0.131. The van der Waals surface area contributed by atoms with Gasteiger partial charge < -0.3 is 9.47 Å². The highest BCUT2D eigenvalue weighted by molar-refractivity contribution is 6.30. The predicted octanol–water partition coefficient (Wildman–Crippen LogP) is 6.29. The molecule has 0 amide bonds. The minimum absolute atomic E-state index is 0.358. The molecule has 0 spiro atoms. The zero-order valence-corrected chi connectivity index (χ0v) is 18.1. The number of pyridine rings is 1. The second kappa shape index (κ2) is 9.19. The molecule has 0 saturated carbocycles. The van der Waals surface area contributed by atoms with Crippen LogP contribution in [0.2, 0.25) is 5.02 Å². The van der Waals surface area contributed by atoms with Crippen LogP contribution in [-0.4, -0.2) is 11.0 Å². The van der Waals surface area contributed by atoms with Gasteiger partial charge >= 0.3 is 5.97 Å². The third kappa shape index (κ3) is 4.86. The Morgan fingerprint density at radius 2 is 1.61 bits per heavy atom. The number of carbonyl (C=O) groups excluding carboxylic acids is 1. The number of esters is 1. The van der Waals surface area contributed by atoms with Crippen molar-refractivity contribution in [1.29, 1.82) is 0 Å². The van der Waals surface area contributed by atoms with E-state index in [9.17, 15) is 4.79 Å². The summed E-state index contributed by atoms with van der Waals surface area (Å²) in [5.41, 5.74) is 3.67. The van der Waals surface area contributed by atoms with Gasteiger partial charge in [0.25, 0.3) is 0 Å². The maximum atomic E-state index is 11.6. The summed E-state index contributed by atoms with van der Waals surface area (Å²) in [6.07, 6.45) is 0.596. The van der Waals surface area contributed by atoms with Crippen molar-refractivity contribution in [2.75, 3.05) is 0 Å². The average Bonchev–Trinajstić information content (AvgIpc) is 2.77. The molecule has 0 aliphatic rings. The fourth-order valence-electron chi connectivity index (χ4n) is 3.56. The Hall–Kier alpha value is -3.37. The summed E-state index contributed by atoms with van der Waals surface area (Å²) in [5, 5.41) is 2.53. The van der Waals surface area contributed by atoms with Gasteiger partial charge in [-0.25, -0.2) is 0 Å². The van der Waals surface area contributed by atoms with Gasteiger partial charge in [0.05, 0.1) is 11.4 Å². The van der Waals surface area contributed by atoms with Gasteiger partial charge in [0.2, 0.25) is 0 Å². The van der Waals surface area contributed by atoms with Crippen molar-refractivity contribution in [2.24, 2.45) is 0 Å². The number of nitrogens with zero attached hydrogens (tertiary/aromatic N) is 1. The van der Waals surface area contributed by atoms with Crippen LogP contribution < -0.4 is 9.47 Å². The molecule has 5 heteroatoms. The van der Waals surface area contributed by atoms with E-state index in [4.69, 9.17) is 26.1 Å². The van der Waals surface area contributed by atoms with Gasteiger partial charge in [-0.2, -0.15) is 0 Å². The summed E-state index contributed by atoms with van der Waals surface area (Å²) < 4.78 is 11.6. The number of rotatable bonds is 6. The van der Waals surface area contributed by atoms with Crippen molar-refractivity contribution in [1.82, 2.24) is 4.98 Å². The van der Waals surface area contributed by atoms with Gasteiger partial charge in [0, 0.05) is 34.7 Å². The molecule has 1 heterocycles. The number of hydrogen-bond acceptors (Lipinski definition) is 4. The molecule has 0 saturated heterocycles. The molecule has 3 aromatic carbocycles. The minimum Gasteiger partial charge on any atom is -0.489 e. The van der Waals surface area contributed by atoms with Crippen LogP contribution >= 0.6 is 11.6 Å². The lowest BCUT2D eigenvalue weighted by Crippen LogP contribution is -2.07. The second-order valence-electron chi connectivity index (χ2n) is 7.31. The number of para-hydroxylation sites is 1. The number of fused-ring (bicyclic) bond motifs is 1. The SMILES string of the molecule is CC(=O)Oc1c(C)nc(Cc2ccccc2OCc2ccc(Cl)cc2)c2ccccc12. The Morgan fingerprint density at radius 1 is 0.935 bits per heavy atom. The average molecular weight is 432 g/mol. The number of hydrogen-bond donors (Lipinski definition) is 0. The number of ether oxygens (including phenoxy) is 2. The van der Waals surface area contributed by atoms with Gasteiger partial charge in [-0.05, 0) is 30.7 Å². The van der Waals surface area contributed by atoms with E-state index in [0.717, 1.165) is 33.3 Å². The molecular weight excluding hydrogens is 410 g/mol. The quantitative estimate of drug-likeness (QED) is 0.336. The molecule has 4 aromatic rings. The maximum Gasteiger partial charge on any atom is 0.308 e. The second-order valence-corrected chi connectivity index (χ2v) is 7.75. The Labute approximate surface area is 186 Å². The summed E-state index contributed by atoms with van der Waals surface area (Å²) >= 11 is 5.97. The number of aryl methyl sites for hydroxylation is 1. The Morgan fingerprint density at radius 3 is 2.35 bits per heavy atom. The molecule has 31 heavy (non-hydrogen) atoms. The summed E-state index contributed by atoms with van der Waals surface area (Å²) in [4.78, 5) is 16.3. The topological polar surface area (TPSA) is 48.4 Å². The zero-order valence-electron chi connectivity index (χ0n) is 17.4. The lowest BCUT2D eigenvalue weighted by Gasteiger charge is -2.15. The molecule has 4 rings (SSSR count). The van der Waals surface area contributed by atoms with Crippen molar-refractivity contribution >= 4 is 28.3 Å². The molecule has 0 N–H and O–H groups in total. The molecule has 0 radical (unpaired) electrons. The van der Waals surface area contributed by atoms with E-state index in [2.05, 4.69) is 0 Å². The highest BCUT2D eigenvalue weighted by atomic mass is 35.5. The summed E-state index contributed by atoms with van der Waals surface area (Å²) in [5.74, 6) is 0.966. The van der Waals surface area contributed by atoms with Crippen molar-refractivity contribution in [2.45, 2.75) is 26.9 Å². The lowest BCUT2D eigenvalue weighted by atomic mass is 10.0. The van der Waals surface area contributed by atoms with Gasteiger partial charge in [-0.3, -0.25) is 9.78 Å². The molecule has 156 valence electrons. The smallest absolute Gasteiger partial charge is 0.308 e. The van der Waals surface area contributed by atoms with Crippen molar-refractivity contribution in [3.63, 3.8) is 0 Å². The zero-order chi connectivity index (χ0) is 21.8. The first-order valence-electron chi connectivity index (χ1n) is 10.0. The monoisotopic (exact) mass is 431 g/mol. The standard InChI is InChI=1S/C26H22ClNO3/c1-17-26(31-18(2)29)23-9-5-4-8-22(23)24(28-17)15-20-7-3-6-10-25(20)30-16-19-11-13-21(27)14-12-19/h3-14H,15-16H2,1-2H3. The Balaban J connectivity index is 1.65. The molecule has 1 aromatic heterocycles. The van der Waals surface area contributed by atoms with Crippen LogP contribution in [-0.2, 0) is 17.8 Å². The Kier molecular flexibility index (Phi) is 6.19. The van der Waals surface area contributed by atoms with Crippen molar-refractivity contribution < 1.29 is 14.3 Å². The molecule has 0 bridgehead atoms. The third-order valence-electron chi connectivity index (χ3n) is 5.00. The first-order valence-corrected chi connectivity index (χ1v) is 10.4. The first kappa shape index (κ1) is 20.9. The van der Waals surface area contributed by atoms with E-state index in [0.29, 0.717) is 29.5 Å². The maximum absolute atomic E-state index is 11.6. The van der Waals surface area contributed by atoms with Crippen LogP contribution in [0, 0.1) is 6.92 Å². The van der Waals surface area contributed by atoms with Gasteiger partial charge in [0.1, 0.15) is 12.4 Å². The van der Waals surface area contributed by atoms with E-state index in [-0.39, 0.29) is 5.97 Å². The summed E-state index contributed by atoms with van der Waals surface area (Å²) in [6, 6.07) is 23.4. The van der Waals surface area contributed by atoms with Crippen LogP contribution in [0.25, 0.3) is 10.8 Å². The fraction of sp³-hybridized carbons (Fsp3) is 0.154. The van der Waals surface area contributed by atoms with E-state index in [1.165, 1.54) is 6.92 Å². The van der Waals surface area contributed by atoms with E-state index in [1.807, 2.05) is 79.7 Å². The van der Waals surface area contributed by atoms with Crippen LogP contribution in [0.3, 0.4) is 0 Å². The van der Waals surface area contributed by atoms with Crippen LogP contribution in [0.1, 0.15) is 29.4 Å². The van der Waals surface area contributed by atoms with Gasteiger partial charge in [-0.15, -0.1) is 0 Å². The molecule has 0 aliphatic heterocycles. The number of carbonyl (C=O) groups is 1. The number of halogens is 1. The van der Waals surface area contributed by atoms with E-state index in [1.54, 1.807) is 0 Å². The van der Waals surface area contributed by atoms with E-state index < -0.39 is 0 Å². The predicted molar refractivity (Wildman–Crippen MR) is 123 cm³/mol. The van der Waals surface area contributed by atoms with Gasteiger partial charge in [0.15, 0.2) is 5.75 Å². The largest absolute Gasteiger partial charge is 0.489 e. The molecule has 0 fully saturated rings. The minimum atomic E-state index is -0.358. The molecular formula is C26H22ClNO3. The molecule has 0 unspecified atom stereocenters. The Bertz CT molecular complexity index is 1240. The molecule has 0 aliphatic carbocycles. The van der Waals surface area contributed by atoms with Crippen LogP contribution in [0.15, 0.2) is 72.8 Å². The van der Waals surface area contributed by atoms with Crippen molar-refractivity contribution in [3.8, 4) is 11.5 Å².